The van der Waals surface area contributed by atoms with Crippen molar-refractivity contribution in [1.82, 2.24) is 10.2 Å². The highest BCUT2D eigenvalue weighted by atomic mass is 16.7. The highest BCUT2D eigenvalue weighted by Gasteiger charge is 2.47. The van der Waals surface area contributed by atoms with E-state index >= 15 is 0 Å². The lowest BCUT2D eigenvalue weighted by Crippen LogP contribution is -2.48. The van der Waals surface area contributed by atoms with Gasteiger partial charge in [0.25, 0.3) is 5.91 Å². The second kappa shape index (κ2) is 6.51. The maximum Gasteiger partial charge on any atom is 0.325 e. The number of carbonyl (C=O) groups is 2. The van der Waals surface area contributed by atoms with Crippen LogP contribution in [0.25, 0.3) is 0 Å². The van der Waals surface area contributed by atoms with Crippen molar-refractivity contribution >= 4 is 11.9 Å². The molecule has 0 aromatic heterocycles. The SMILES string of the molecule is COC[C@@]1(C)NC(=O)N(CCO[C@@H]2CCCCO2)C1=O. The van der Waals surface area contributed by atoms with Crippen LogP contribution in [-0.2, 0) is 19.0 Å². The third-order valence-electron chi connectivity index (χ3n) is 3.53. The molecule has 7 nitrogen and oxygen atoms in total. The Morgan fingerprint density at radius 1 is 1.45 bits per heavy atom. The van der Waals surface area contributed by atoms with E-state index in [-0.39, 0.29) is 32.0 Å². The molecule has 20 heavy (non-hydrogen) atoms. The van der Waals surface area contributed by atoms with Crippen LogP contribution in [0, 0.1) is 0 Å². The fourth-order valence-corrected chi connectivity index (χ4v) is 2.45. The number of methoxy groups -OCH3 is 1. The summed E-state index contributed by atoms with van der Waals surface area (Å²) in [5.41, 5.74) is -0.979. The summed E-state index contributed by atoms with van der Waals surface area (Å²) in [6, 6.07) is -0.400. The van der Waals surface area contributed by atoms with Crippen molar-refractivity contribution in [3.05, 3.63) is 0 Å². The number of urea groups is 1. The van der Waals surface area contributed by atoms with Gasteiger partial charge >= 0.3 is 6.03 Å². The first-order valence-electron chi connectivity index (χ1n) is 6.93. The number of amides is 3. The van der Waals surface area contributed by atoms with Gasteiger partial charge in [-0.05, 0) is 26.2 Å². The summed E-state index contributed by atoms with van der Waals surface area (Å²) in [5, 5.41) is 2.65. The number of ether oxygens (including phenoxy) is 3. The van der Waals surface area contributed by atoms with E-state index in [2.05, 4.69) is 5.32 Å². The minimum atomic E-state index is -0.979. The Labute approximate surface area is 118 Å². The van der Waals surface area contributed by atoms with Crippen LogP contribution in [0.3, 0.4) is 0 Å². The molecule has 1 N–H and O–H groups in total. The Balaban J connectivity index is 1.80. The van der Waals surface area contributed by atoms with E-state index in [1.807, 2.05) is 0 Å². The molecule has 0 aromatic carbocycles. The molecule has 2 fully saturated rings. The molecular weight excluding hydrogens is 264 g/mol. The van der Waals surface area contributed by atoms with Crippen LogP contribution < -0.4 is 5.32 Å². The Bertz CT molecular complexity index is 370. The summed E-state index contributed by atoms with van der Waals surface area (Å²) in [4.78, 5) is 25.2. The first kappa shape index (κ1) is 15.2. The average Bonchev–Trinajstić information content (AvgIpc) is 2.63. The van der Waals surface area contributed by atoms with Crippen LogP contribution in [0.15, 0.2) is 0 Å². The van der Waals surface area contributed by atoms with Crippen LogP contribution >= 0.6 is 0 Å². The molecule has 0 bridgehead atoms. The average molecular weight is 286 g/mol. The predicted molar refractivity (Wildman–Crippen MR) is 70.1 cm³/mol. The van der Waals surface area contributed by atoms with Gasteiger partial charge in [-0.25, -0.2) is 4.79 Å². The zero-order valence-electron chi connectivity index (χ0n) is 12.0. The monoisotopic (exact) mass is 286 g/mol. The number of nitrogens with one attached hydrogen (secondary N) is 1. The van der Waals surface area contributed by atoms with Crippen molar-refractivity contribution in [2.24, 2.45) is 0 Å². The maximum atomic E-state index is 12.2. The lowest BCUT2D eigenvalue weighted by Gasteiger charge is -2.24. The lowest BCUT2D eigenvalue weighted by molar-refractivity contribution is -0.164. The van der Waals surface area contributed by atoms with Crippen LogP contribution in [0.2, 0.25) is 0 Å². The number of hydrogen-bond donors (Lipinski definition) is 1. The van der Waals surface area contributed by atoms with Crippen LogP contribution in [-0.4, -0.2) is 62.1 Å². The molecule has 0 radical (unpaired) electrons. The summed E-state index contributed by atoms with van der Waals surface area (Å²) in [6.45, 7) is 3.03. The summed E-state index contributed by atoms with van der Waals surface area (Å²) >= 11 is 0. The summed E-state index contributed by atoms with van der Waals surface area (Å²) < 4.78 is 16.0. The molecule has 2 saturated heterocycles. The van der Waals surface area contributed by atoms with Crippen molar-refractivity contribution in [2.75, 3.05) is 33.5 Å². The molecule has 2 aliphatic rings. The van der Waals surface area contributed by atoms with Crippen molar-refractivity contribution in [3.8, 4) is 0 Å². The molecule has 114 valence electrons. The molecule has 2 atom stereocenters. The molecule has 2 rings (SSSR count). The van der Waals surface area contributed by atoms with Crippen LogP contribution in [0.1, 0.15) is 26.2 Å². The van der Waals surface area contributed by atoms with E-state index in [0.29, 0.717) is 6.61 Å². The Morgan fingerprint density at radius 2 is 2.25 bits per heavy atom. The zero-order chi connectivity index (χ0) is 14.6. The van der Waals surface area contributed by atoms with Gasteiger partial charge in [0.1, 0.15) is 5.54 Å². The minimum absolute atomic E-state index is 0.153. The molecule has 2 aliphatic heterocycles. The van der Waals surface area contributed by atoms with E-state index in [1.165, 1.54) is 12.0 Å². The summed E-state index contributed by atoms with van der Waals surface area (Å²) in [5.74, 6) is -0.280. The fraction of sp³-hybridized carbons (Fsp3) is 0.846. The van der Waals surface area contributed by atoms with Gasteiger partial charge in [0, 0.05) is 13.7 Å². The summed E-state index contributed by atoms with van der Waals surface area (Å²) in [7, 11) is 1.50. The molecule has 0 aliphatic carbocycles. The Hall–Kier alpha value is -1.18. The van der Waals surface area contributed by atoms with Gasteiger partial charge in [0.15, 0.2) is 6.29 Å². The first-order chi connectivity index (χ1) is 9.57. The molecular formula is C13H22N2O5. The smallest absolute Gasteiger partial charge is 0.325 e. The predicted octanol–water partition coefficient (Wildman–Crippen LogP) is 0.486. The van der Waals surface area contributed by atoms with Gasteiger partial charge in [-0.3, -0.25) is 9.69 Å². The molecule has 0 unspecified atom stereocenters. The fourth-order valence-electron chi connectivity index (χ4n) is 2.45. The van der Waals surface area contributed by atoms with Gasteiger partial charge in [-0.1, -0.05) is 0 Å². The summed E-state index contributed by atoms with van der Waals surface area (Å²) in [6.07, 6.45) is 2.79. The molecule has 7 heteroatoms. The molecule has 0 aromatic rings. The molecule has 0 spiro atoms. The van der Waals surface area contributed by atoms with E-state index < -0.39 is 11.6 Å². The number of rotatable bonds is 6. The number of nitrogens with zero attached hydrogens (tertiary/aromatic N) is 1. The molecule has 0 saturated carbocycles. The van der Waals surface area contributed by atoms with Gasteiger partial charge in [0.05, 0.1) is 19.8 Å². The number of imide groups is 1. The Kier molecular flexibility index (Phi) is 4.95. The third kappa shape index (κ3) is 3.28. The second-order valence-electron chi connectivity index (χ2n) is 5.32. The van der Waals surface area contributed by atoms with Gasteiger partial charge in [0.2, 0.25) is 0 Å². The zero-order valence-corrected chi connectivity index (χ0v) is 12.0. The van der Waals surface area contributed by atoms with Gasteiger partial charge in [-0.2, -0.15) is 0 Å². The maximum absolute atomic E-state index is 12.2. The largest absolute Gasteiger partial charge is 0.382 e. The number of hydrogen-bond acceptors (Lipinski definition) is 5. The normalized spacial score (nSPS) is 30.7. The third-order valence-corrected chi connectivity index (χ3v) is 3.53. The minimum Gasteiger partial charge on any atom is -0.382 e. The second-order valence-corrected chi connectivity index (χ2v) is 5.32. The quantitative estimate of drug-likeness (QED) is 0.719. The van der Waals surface area contributed by atoms with Crippen LogP contribution in [0.5, 0.6) is 0 Å². The van der Waals surface area contributed by atoms with Crippen LogP contribution in [0.4, 0.5) is 4.79 Å². The van der Waals surface area contributed by atoms with Crippen molar-refractivity contribution in [1.29, 1.82) is 0 Å². The van der Waals surface area contributed by atoms with E-state index in [4.69, 9.17) is 14.2 Å². The highest BCUT2D eigenvalue weighted by molar-refractivity contribution is 6.06. The van der Waals surface area contributed by atoms with Gasteiger partial charge < -0.3 is 19.5 Å². The topological polar surface area (TPSA) is 77.1 Å². The van der Waals surface area contributed by atoms with E-state index in [0.717, 1.165) is 19.3 Å². The standard InChI is InChI=1S/C13H22N2O5/c1-13(9-18-2)11(16)15(12(17)14-13)6-8-20-10-5-3-4-7-19-10/h10H,3-9H2,1-2H3,(H,14,17)/t10-,13-/m1/s1. The lowest BCUT2D eigenvalue weighted by atomic mass is 10.0. The van der Waals surface area contributed by atoms with E-state index in [1.54, 1.807) is 6.92 Å². The highest BCUT2D eigenvalue weighted by Crippen LogP contribution is 2.18. The van der Waals surface area contributed by atoms with Gasteiger partial charge in [-0.15, -0.1) is 0 Å². The molecule has 2 heterocycles. The number of carbonyl (C=O) groups excluding carboxylic acids is 2. The first-order valence-corrected chi connectivity index (χ1v) is 6.93. The van der Waals surface area contributed by atoms with Crippen molar-refractivity contribution in [3.63, 3.8) is 0 Å². The molecule has 3 amide bonds. The van der Waals surface area contributed by atoms with Crippen molar-refractivity contribution in [2.45, 2.75) is 38.0 Å². The van der Waals surface area contributed by atoms with Crippen molar-refractivity contribution < 1.29 is 23.8 Å². The Morgan fingerprint density at radius 3 is 2.90 bits per heavy atom. The van der Waals surface area contributed by atoms with E-state index in [9.17, 15) is 9.59 Å².